The summed E-state index contributed by atoms with van der Waals surface area (Å²) in [6, 6.07) is 9.89. The number of nitrogens with one attached hydrogen (secondary N) is 1. The Bertz CT molecular complexity index is 1210. The summed E-state index contributed by atoms with van der Waals surface area (Å²) in [5, 5.41) is 2.60. The van der Waals surface area contributed by atoms with Crippen molar-refractivity contribution in [3.05, 3.63) is 58.6 Å². The molecule has 40 heavy (non-hydrogen) atoms. The third kappa shape index (κ3) is 8.25. The molecule has 2 aromatic carbocycles. The molecule has 0 radical (unpaired) electrons. The Kier molecular flexibility index (Phi) is 10.6. The maximum absolute atomic E-state index is 13.6. The molecule has 1 aliphatic rings. The predicted molar refractivity (Wildman–Crippen MR) is 144 cm³/mol. The fourth-order valence-corrected chi connectivity index (χ4v) is 4.45. The van der Waals surface area contributed by atoms with E-state index in [1.165, 1.54) is 21.9 Å². The second-order valence-electron chi connectivity index (χ2n) is 9.39. The van der Waals surface area contributed by atoms with Crippen LogP contribution in [0.1, 0.15) is 29.3 Å². The van der Waals surface area contributed by atoms with E-state index in [2.05, 4.69) is 5.32 Å². The van der Waals surface area contributed by atoms with Crippen molar-refractivity contribution in [2.45, 2.75) is 32.1 Å². The number of likely N-dealkylation sites (N-methyl/N-ethyl adjacent to an activating group) is 1. The van der Waals surface area contributed by atoms with Crippen LogP contribution in [0.4, 0.5) is 23.7 Å². The van der Waals surface area contributed by atoms with Gasteiger partial charge in [-0.05, 0) is 43.2 Å². The second-order valence-corrected chi connectivity index (χ2v) is 9.79. The largest absolute Gasteiger partial charge is 0.484 e. The fraction of sp³-hybridized carbons (Fsp3) is 0.444. The molecule has 0 spiro atoms. The van der Waals surface area contributed by atoms with E-state index in [4.69, 9.17) is 21.1 Å². The Morgan fingerprint density at radius 2 is 1.90 bits per heavy atom. The number of hydrogen-bond donors (Lipinski definition) is 1. The summed E-state index contributed by atoms with van der Waals surface area (Å²) < 4.78 is 47.2. The first-order chi connectivity index (χ1) is 18.9. The van der Waals surface area contributed by atoms with Gasteiger partial charge in [-0.3, -0.25) is 9.59 Å². The molecule has 2 aromatic rings. The minimum Gasteiger partial charge on any atom is -0.484 e. The van der Waals surface area contributed by atoms with Gasteiger partial charge in [-0.15, -0.1) is 0 Å². The Balaban J connectivity index is 1.75. The van der Waals surface area contributed by atoms with E-state index in [-0.39, 0.29) is 41.9 Å². The lowest BCUT2D eigenvalue weighted by atomic mass is 10.1. The molecule has 0 bridgehead atoms. The van der Waals surface area contributed by atoms with Crippen molar-refractivity contribution in [3.63, 3.8) is 0 Å². The summed E-state index contributed by atoms with van der Waals surface area (Å²) in [6.07, 6.45) is -3.85. The van der Waals surface area contributed by atoms with E-state index in [9.17, 15) is 27.6 Å². The molecule has 3 rings (SSSR count). The highest BCUT2D eigenvalue weighted by molar-refractivity contribution is 6.34. The number of methoxy groups -OCH3 is 1. The van der Waals surface area contributed by atoms with Crippen LogP contribution in [0.2, 0.25) is 5.02 Å². The normalized spacial score (nSPS) is 15.2. The van der Waals surface area contributed by atoms with Crippen LogP contribution in [0.5, 0.6) is 5.75 Å². The van der Waals surface area contributed by atoms with Crippen LogP contribution >= 0.6 is 11.6 Å². The molecule has 218 valence electrons. The summed E-state index contributed by atoms with van der Waals surface area (Å²) >= 11 is 6.29. The number of halogens is 4. The zero-order chi connectivity index (χ0) is 29.4. The first-order valence-corrected chi connectivity index (χ1v) is 12.9. The highest BCUT2D eigenvalue weighted by atomic mass is 35.5. The summed E-state index contributed by atoms with van der Waals surface area (Å²) in [7, 11) is 3.23. The minimum absolute atomic E-state index is 0.0678. The number of anilines is 1. The van der Waals surface area contributed by atoms with Crippen LogP contribution in [-0.4, -0.2) is 86.9 Å². The second kappa shape index (κ2) is 13.7. The van der Waals surface area contributed by atoms with Crippen molar-refractivity contribution in [3.8, 4) is 5.75 Å². The van der Waals surface area contributed by atoms with Crippen LogP contribution in [0.25, 0.3) is 0 Å². The van der Waals surface area contributed by atoms with Crippen molar-refractivity contribution in [2.24, 2.45) is 0 Å². The Labute approximate surface area is 235 Å². The van der Waals surface area contributed by atoms with E-state index in [0.717, 1.165) is 6.07 Å². The zero-order valence-electron chi connectivity index (χ0n) is 22.5. The highest BCUT2D eigenvalue weighted by Crippen LogP contribution is 2.31. The van der Waals surface area contributed by atoms with Gasteiger partial charge in [-0.1, -0.05) is 29.8 Å². The third-order valence-corrected chi connectivity index (χ3v) is 6.65. The average molecular weight is 585 g/mol. The van der Waals surface area contributed by atoms with Gasteiger partial charge in [-0.2, -0.15) is 13.2 Å². The van der Waals surface area contributed by atoms with Gasteiger partial charge >= 0.3 is 12.2 Å². The lowest BCUT2D eigenvalue weighted by Gasteiger charge is -2.29. The number of ether oxygens (including phenoxy) is 2. The number of carbonyl (C=O) groups excluding carboxylic acids is 3. The lowest BCUT2D eigenvalue weighted by molar-refractivity contribution is -0.153. The topological polar surface area (TPSA) is 91.4 Å². The van der Waals surface area contributed by atoms with E-state index in [0.29, 0.717) is 30.8 Å². The standard InChI is InChI=1S/C27H32ClF3N4O5/c1-18-15-35(25(37)21-10-9-20(13-22(21)28)40-17-27(29,30)31)23-8-5-4-7-19(23)16-34(18)26(38)32-14-24(36)33(2)11-6-12-39-3/h4-5,7-10,13,18H,6,11-12,14-17H2,1-3H3,(H,32,38)/t18-/m1/s1. The molecule has 4 amide bonds. The number of amides is 4. The number of carbonyl (C=O) groups is 3. The zero-order valence-corrected chi connectivity index (χ0v) is 23.2. The van der Waals surface area contributed by atoms with Gasteiger partial charge in [0, 0.05) is 52.1 Å². The van der Waals surface area contributed by atoms with Crippen LogP contribution in [0.15, 0.2) is 42.5 Å². The Morgan fingerprint density at radius 1 is 1.18 bits per heavy atom. The summed E-state index contributed by atoms with van der Waals surface area (Å²) in [5.74, 6) is -0.853. The van der Waals surface area contributed by atoms with Crippen molar-refractivity contribution in [1.82, 2.24) is 15.1 Å². The van der Waals surface area contributed by atoms with E-state index in [1.54, 1.807) is 50.2 Å². The molecule has 0 saturated carbocycles. The maximum Gasteiger partial charge on any atom is 0.422 e. The molecule has 0 aliphatic carbocycles. The number of benzene rings is 2. The van der Waals surface area contributed by atoms with E-state index < -0.39 is 30.8 Å². The molecule has 0 unspecified atom stereocenters. The van der Waals surface area contributed by atoms with E-state index >= 15 is 0 Å². The number of rotatable bonds is 9. The molecular weight excluding hydrogens is 553 g/mol. The van der Waals surface area contributed by atoms with E-state index in [1.807, 2.05) is 0 Å². The van der Waals surface area contributed by atoms with Gasteiger partial charge < -0.3 is 29.5 Å². The van der Waals surface area contributed by atoms with Gasteiger partial charge in [0.25, 0.3) is 5.91 Å². The molecule has 1 N–H and O–H groups in total. The van der Waals surface area contributed by atoms with Gasteiger partial charge in [0.1, 0.15) is 5.75 Å². The fourth-order valence-electron chi connectivity index (χ4n) is 4.20. The van der Waals surface area contributed by atoms with Crippen LogP contribution in [0, 0.1) is 0 Å². The molecule has 0 fully saturated rings. The average Bonchev–Trinajstić information content (AvgIpc) is 3.06. The van der Waals surface area contributed by atoms with Gasteiger partial charge in [0.2, 0.25) is 5.91 Å². The van der Waals surface area contributed by atoms with Crippen molar-refractivity contribution in [1.29, 1.82) is 0 Å². The molecule has 1 atom stereocenters. The highest BCUT2D eigenvalue weighted by Gasteiger charge is 2.33. The van der Waals surface area contributed by atoms with Crippen molar-refractivity contribution >= 4 is 35.1 Å². The number of urea groups is 1. The number of fused-ring (bicyclic) bond motifs is 1. The number of nitrogens with zero attached hydrogens (tertiary/aromatic N) is 3. The third-order valence-electron chi connectivity index (χ3n) is 6.34. The molecule has 0 aromatic heterocycles. The maximum atomic E-state index is 13.6. The summed E-state index contributed by atoms with van der Waals surface area (Å²) in [4.78, 5) is 43.7. The molecule has 1 aliphatic heterocycles. The lowest BCUT2D eigenvalue weighted by Crippen LogP contribution is -2.50. The first-order valence-electron chi connectivity index (χ1n) is 12.6. The minimum atomic E-state index is -4.52. The number of hydrogen-bond acceptors (Lipinski definition) is 5. The molecule has 13 heteroatoms. The van der Waals surface area contributed by atoms with Crippen LogP contribution in [-0.2, 0) is 16.1 Å². The number of alkyl halides is 3. The Morgan fingerprint density at radius 3 is 2.58 bits per heavy atom. The molecule has 0 saturated heterocycles. The molecule has 9 nitrogen and oxygen atoms in total. The van der Waals surface area contributed by atoms with Gasteiger partial charge in [-0.25, -0.2) is 4.79 Å². The van der Waals surface area contributed by atoms with Crippen molar-refractivity contribution < 1.29 is 37.0 Å². The van der Waals surface area contributed by atoms with Gasteiger partial charge in [0.15, 0.2) is 6.61 Å². The molecule has 1 heterocycles. The number of para-hydroxylation sites is 1. The smallest absolute Gasteiger partial charge is 0.422 e. The predicted octanol–water partition coefficient (Wildman–Crippen LogP) is 4.34. The van der Waals surface area contributed by atoms with Crippen molar-refractivity contribution in [2.75, 3.05) is 51.9 Å². The SMILES string of the molecule is COCCCN(C)C(=O)CNC(=O)N1Cc2ccccc2N(C(=O)c2ccc(OCC(F)(F)F)cc2Cl)C[C@H]1C. The molecular formula is C27H32ClF3N4O5. The Hall–Kier alpha value is -3.51. The summed E-state index contributed by atoms with van der Waals surface area (Å²) in [5.41, 5.74) is 1.33. The summed E-state index contributed by atoms with van der Waals surface area (Å²) in [6.45, 7) is 1.41. The van der Waals surface area contributed by atoms with Crippen LogP contribution in [0.3, 0.4) is 0 Å². The first kappa shape index (κ1) is 31.0. The van der Waals surface area contributed by atoms with Gasteiger partial charge in [0.05, 0.1) is 17.1 Å². The monoisotopic (exact) mass is 584 g/mol. The van der Waals surface area contributed by atoms with Crippen LogP contribution < -0.4 is 15.0 Å². The quantitative estimate of drug-likeness (QED) is 0.443.